The van der Waals surface area contributed by atoms with Crippen LogP contribution in [0, 0.1) is 10.1 Å². The van der Waals surface area contributed by atoms with Crippen LogP contribution in [-0.2, 0) is 9.47 Å². The largest absolute Gasteiger partial charge is 0.465 e. The quantitative estimate of drug-likeness (QED) is 0.203. The number of nitro benzene ring substituents is 1. The van der Waals surface area contributed by atoms with Gasteiger partial charge in [0, 0.05) is 28.5 Å². The van der Waals surface area contributed by atoms with Crippen LogP contribution in [0.2, 0.25) is 0 Å². The number of fused-ring (bicyclic) bond motifs is 3. The van der Waals surface area contributed by atoms with E-state index in [-0.39, 0.29) is 33.6 Å². The fraction of sp³-hybridized carbons (Fsp3) is 0.0909. The Morgan fingerprint density at radius 1 is 0.969 bits per heavy atom. The van der Waals surface area contributed by atoms with Crippen LogP contribution in [-0.4, -0.2) is 46.5 Å². The number of nitro groups is 1. The van der Waals surface area contributed by atoms with Crippen LogP contribution in [0.3, 0.4) is 0 Å². The minimum absolute atomic E-state index is 0.0601. The number of esters is 2. The molecule has 0 aliphatic heterocycles. The van der Waals surface area contributed by atoms with E-state index in [9.17, 15) is 24.5 Å². The van der Waals surface area contributed by atoms with E-state index in [1.165, 1.54) is 28.9 Å². The normalized spacial score (nSPS) is 10.8. The summed E-state index contributed by atoms with van der Waals surface area (Å²) in [7, 11) is 2.26. The third-order valence-electron chi connectivity index (χ3n) is 4.99. The van der Waals surface area contributed by atoms with Gasteiger partial charge >= 0.3 is 11.9 Å². The fourth-order valence-electron chi connectivity index (χ4n) is 3.58. The standard InChI is InChI=1S/C22H15N3O7/c1-31-21(27)16-17(22(28)32-2)19(20(26)12-7-5-8-14(10-12)25(29)30)24-18(16)15-9-4-3-6-13(15)11-23-24/h3-11H,1-2H3. The summed E-state index contributed by atoms with van der Waals surface area (Å²) in [6, 6.07) is 12.0. The van der Waals surface area contributed by atoms with Crippen LogP contribution in [0.5, 0.6) is 0 Å². The second-order valence-electron chi connectivity index (χ2n) is 6.71. The van der Waals surface area contributed by atoms with E-state index >= 15 is 0 Å². The van der Waals surface area contributed by atoms with Crippen LogP contribution in [0.25, 0.3) is 16.3 Å². The van der Waals surface area contributed by atoms with Gasteiger partial charge in [-0.1, -0.05) is 36.4 Å². The van der Waals surface area contributed by atoms with Crippen LogP contribution in [0.15, 0.2) is 54.7 Å². The number of ketones is 1. The highest BCUT2D eigenvalue weighted by Crippen LogP contribution is 2.32. The van der Waals surface area contributed by atoms with E-state index in [1.807, 2.05) is 0 Å². The van der Waals surface area contributed by atoms with Gasteiger partial charge in [0.2, 0.25) is 5.78 Å². The van der Waals surface area contributed by atoms with E-state index in [1.54, 1.807) is 24.3 Å². The van der Waals surface area contributed by atoms with Gasteiger partial charge in [0.25, 0.3) is 5.69 Å². The van der Waals surface area contributed by atoms with Crippen LogP contribution < -0.4 is 0 Å². The monoisotopic (exact) mass is 433 g/mol. The van der Waals surface area contributed by atoms with Crippen molar-refractivity contribution in [1.29, 1.82) is 0 Å². The summed E-state index contributed by atoms with van der Waals surface area (Å²) in [4.78, 5) is 49.5. The summed E-state index contributed by atoms with van der Waals surface area (Å²) in [6.45, 7) is 0. The molecular weight excluding hydrogens is 418 g/mol. The molecule has 0 saturated heterocycles. The Hall–Kier alpha value is -4.60. The van der Waals surface area contributed by atoms with Crippen molar-refractivity contribution in [3.8, 4) is 0 Å². The SMILES string of the molecule is COC(=O)c1c(C(=O)OC)c2c3ccccc3cnn2c1C(=O)c1cccc([N+](=O)[O-])c1. The molecule has 0 unspecified atom stereocenters. The highest BCUT2D eigenvalue weighted by Gasteiger charge is 2.35. The van der Waals surface area contributed by atoms with Gasteiger partial charge in [-0.15, -0.1) is 0 Å². The molecule has 160 valence electrons. The Labute approximate surface area is 180 Å². The maximum absolute atomic E-state index is 13.5. The lowest BCUT2D eigenvalue weighted by molar-refractivity contribution is -0.384. The molecule has 0 amide bonds. The van der Waals surface area contributed by atoms with Gasteiger partial charge in [0.15, 0.2) is 0 Å². The van der Waals surface area contributed by atoms with Gasteiger partial charge in [0.05, 0.1) is 30.9 Å². The Morgan fingerprint density at radius 3 is 2.34 bits per heavy atom. The number of nitrogens with zero attached hydrogens (tertiary/aromatic N) is 3. The number of rotatable bonds is 5. The predicted octanol–water partition coefficient (Wildman–Crippen LogP) is 3.20. The Balaban J connectivity index is 2.14. The second-order valence-corrected chi connectivity index (χ2v) is 6.71. The first kappa shape index (κ1) is 20.7. The van der Waals surface area contributed by atoms with Crippen molar-refractivity contribution in [1.82, 2.24) is 9.61 Å². The minimum Gasteiger partial charge on any atom is -0.465 e. The van der Waals surface area contributed by atoms with Crippen LogP contribution in [0.4, 0.5) is 5.69 Å². The van der Waals surface area contributed by atoms with Gasteiger partial charge in [-0.2, -0.15) is 5.10 Å². The molecule has 0 saturated carbocycles. The molecule has 0 spiro atoms. The minimum atomic E-state index is -0.950. The third-order valence-corrected chi connectivity index (χ3v) is 4.99. The van der Waals surface area contributed by atoms with Gasteiger partial charge < -0.3 is 9.47 Å². The number of hydrogen-bond acceptors (Lipinski definition) is 8. The maximum atomic E-state index is 13.5. The zero-order valence-electron chi connectivity index (χ0n) is 16.9. The first-order valence-electron chi connectivity index (χ1n) is 9.27. The highest BCUT2D eigenvalue weighted by molar-refractivity contribution is 6.22. The fourth-order valence-corrected chi connectivity index (χ4v) is 3.58. The van der Waals surface area contributed by atoms with Crippen molar-refractivity contribution in [2.24, 2.45) is 0 Å². The molecule has 0 aliphatic rings. The molecule has 32 heavy (non-hydrogen) atoms. The van der Waals surface area contributed by atoms with E-state index in [0.29, 0.717) is 10.8 Å². The molecule has 0 fully saturated rings. The molecule has 10 heteroatoms. The van der Waals surface area contributed by atoms with Crippen molar-refractivity contribution in [3.05, 3.63) is 87.2 Å². The summed E-state index contributed by atoms with van der Waals surface area (Å²) in [5.74, 6) is -2.56. The van der Waals surface area contributed by atoms with Gasteiger partial charge in [-0.25, -0.2) is 14.1 Å². The van der Waals surface area contributed by atoms with Gasteiger partial charge in [0.1, 0.15) is 16.8 Å². The summed E-state index contributed by atoms with van der Waals surface area (Å²) >= 11 is 0. The molecule has 0 radical (unpaired) electrons. The van der Waals surface area contributed by atoms with E-state index in [0.717, 1.165) is 20.3 Å². The van der Waals surface area contributed by atoms with Crippen molar-refractivity contribution >= 4 is 39.7 Å². The molecule has 0 bridgehead atoms. The zero-order valence-corrected chi connectivity index (χ0v) is 16.9. The van der Waals surface area contributed by atoms with Crippen molar-refractivity contribution in [3.63, 3.8) is 0 Å². The summed E-state index contributed by atoms with van der Waals surface area (Å²) in [5, 5.41) is 16.6. The molecule has 0 N–H and O–H groups in total. The van der Waals surface area contributed by atoms with Crippen molar-refractivity contribution < 1.29 is 28.8 Å². The van der Waals surface area contributed by atoms with Crippen LogP contribution in [0.1, 0.15) is 36.8 Å². The molecule has 2 aromatic heterocycles. The first-order chi connectivity index (χ1) is 15.4. The van der Waals surface area contributed by atoms with E-state index in [4.69, 9.17) is 9.47 Å². The van der Waals surface area contributed by atoms with Crippen molar-refractivity contribution in [2.45, 2.75) is 0 Å². The number of benzene rings is 2. The summed E-state index contributed by atoms with van der Waals surface area (Å²) in [5.41, 5.74) is -0.960. The molecule has 10 nitrogen and oxygen atoms in total. The summed E-state index contributed by atoms with van der Waals surface area (Å²) < 4.78 is 10.9. The Bertz CT molecular complexity index is 1440. The maximum Gasteiger partial charge on any atom is 0.341 e. The molecule has 0 aliphatic carbocycles. The number of aromatic nitrogens is 2. The van der Waals surface area contributed by atoms with Gasteiger partial charge in [-0.3, -0.25) is 14.9 Å². The zero-order chi connectivity index (χ0) is 23.0. The Kier molecular flexibility index (Phi) is 5.11. The average Bonchev–Trinajstić information content (AvgIpc) is 3.18. The first-order valence-corrected chi connectivity index (χ1v) is 9.27. The number of hydrogen-bond donors (Lipinski definition) is 0. The predicted molar refractivity (Wildman–Crippen MR) is 112 cm³/mol. The molecule has 4 aromatic rings. The van der Waals surface area contributed by atoms with Gasteiger partial charge in [-0.05, 0) is 0 Å². The smallest absolute Gasteiger partial charge is 0.341 e. The molecular formula is C22H15N3O7. The number of non-ortho nitro benzene ring substituents is 1. The number of carbonyl (C=O) groups is 3. The highest BCUT2D eigenvalue weighted by atomic mass is 16.6. The lowest BCUT2D eigenvalue weighted by Gasteiger charge is -2.06. The topological polar surface area (TPSA) is 130 Å². The summed E-state index contributed by atoms with van der Waals surface area (Å²) in [6.07, 6.45) is 1.48. The average molecular weight is 433 g/mol. The van der Waals surface area contributed by atoms with Crippen LogP contribution >= 0.6 is 0 Å². The van der Waals surface area contributed by atoms with Crippen molar-refractivity contribution in [2.75, 3.05) is 14.2 Å². The Morgan fingerprint density at radius 2 is 1.66 bits per heavy atom. The third kappa shape index (κ3) is 3.14. The molecule has 2 aromatic carbocycles. The second kappa shape index (κ2) is 7.91. The lowest BCUT2D eigenvalue weighted by atomic mass is 10.0. The molecule has 2 heterocycles. The number of carbonyl (C=O) groups excluding carboxylic acids is 3. The van der Waals surface area contributed by atoms with E-state index < -0.39 is 22.6 Å². The molecule has 4 rings (SSSR count). The van der Waals surface area contributed by atoms with E-state index in [2.05, 4.69) is 5.10 Å². The lowest BCUT2D eigenvalue weighted by Crippen LogP contribution is -2.15. The number of methoxy groups -OCH3 is 2. The molecule has 0 atom stereocenters. The number of ether oxygens (including phenoxy) is 2.